The third-order valence-electron chi connectivity index (χ3n) is 6.21. The van der Waals surface area contributed by atoms with Gasteiger partial charge < -0.3 is 4.74 Å². The molecular formula is C21H40O. The zero-order valence-electron chi connectivity index (χ0n) is 15.3. The normalized spacial score (nSPS) is 33.0. The van der Waals surface area contributed by atoms with E-state index in [0.29, 0.717) is 6.10 Å². The molecular weight excluding hydrogens is 268 g/mol. The highest BCUT2D eigenvalue weighted by molar-refractivity contribution is 4.74. The standard InChI is InChI=1S/C21H40O/c1-3-4-5-6-7-8-19-11-13-20(14-12-19)17-22-21-15-9-18(2)10-16-21/h18-21H,3-17H2,1-2H3/t18-,19-,20-,21-. The van der Waals surface area contributed by atoms with Gasteiger partial charge in [-0.3, -0.25) is 0 Å². The Kier molecular flexibility index (Phi) is 8.89. The molecule has 2 rings (SSSR count). The van der Waals surface area contributed by atoms with Gasteiger partial charge in [0.25, 0.3) is 0 Å². The Bertz CT molecular complexity index is 259. The predicted molar refractivity (Wildman–Crippen MR) is 96.2 cm³/mol. The van der Waals surface area contributed by atoms with E-state index >= 15 is 0 Å². The first kappa shape index (κ1) is 18.3. The van der Waals surface area contributed by atoms with Gasteiger partial charge >= 0.3 is 0 Å². The van der Waals surface area contributed by atoms with Crippen LogP contribution in [0.15, 0.2) is 0 Å². The van der Waals surface area contributed by atoms with Gasteiger partial charge in [-0.05, 0) is 56.3 Å². The van der Waals surface area contributed by atoms with E-state index in [1.165, 1.54) is 89.9 Å². The molecule has 0 amide bonds. The average molecular weight is 309 g/mol. The van der Waals surface area contributed by atoms with Crippen LogP contribution in [-0.4, -0.2) is 12.7 Å². The highest BCUT2D eigenvalue weighted by atomic mass is 16.5. The highest BCUT2D eigenvalue weighted by Crippen LogP contribution is 2.33. The summed E-state index contributed by atoms with van der Waals surface area (Å²) in [6.07, 6.45) is 20.5. The molecule has 2 aliphatic rings. The second kappa shape index (κ2) is 10.7. The molecule has 0 atom stereocenters. The third-order valence-corrected chi connectivity index (χ3v) is 6.21. The summed E-state index contributed by atoms with van der Waals surface area (Å²) in [5.74, 6) is 2.84. The number of ether oxygens (including phenoxy) is 1. The Morgan fingerprint density at radius 2 is 1.36 bits per heavy atom. The molecule has 2 saturated carbocycles. The SMILES string of the molecule is CCCCCCC[C@H]1CC[C@H](CO[C@H]2CC[C@H](C)CC2)CC1. The Balaban J connectivity index is 1.48. The van der Waals surface area contributed by atoms with Gasteiger partial charge in [0, 0.05) is 6.61 Å². The minimum absolute atomic E-state index is 0.590. The van der Waals surface area contributed by atoms with Crippen molar-refractivity contribution in [2.75, 3.05) is 6.61 Å². The smallest absolute Gasteiger partial charge is 0.0575 e. The maximum absolute atomic E-state index is 6.23. The molecule has 0 bridgehead atoms. The molecule has 0 aliphatic heterocycles. The van der Waals surface area contributed by atoms with E-state index < -0.39 is 0 Å². The summed E-state index contributed by atoms with van der Waals surface area (Å²) in [5.41, 5.74) is 0. The van der Waals surface area contributed by atoms with E-state index in [1.54, 1.807) is 0 Å². The van der Waals surface area contributed by atoms with Crippen LogP contribution in [0.3, 0.4) is 0 Å². The van der Waals surface area contributed by atoms with Crippen molar-refractivity contribution in [3.05, 3.63) is 0 Å². The molecule has 22 heavy (non-hydrogen) atoms. The van der Waals surface area contributed by atoms with Crippen molar-refractivity contribution in [2.45, 2.75) is 110 Å². The maximum atomic E-state index is 6.23. The van der Waals surface area contributed by atoms with Crippen molar-refractivity contribution in [3.63, 3.8) is 0 Å². The second-order valence-electron chi connectivity index (χ2n) is 8.30. The minimum Gasteiger partial charge on any atom is -0.378 e. The van der Waals surface area contributed by atoms with Gasteiger partial charge in [-0.25, -0.2) is 0 Å². The quantitative estimate of drug-likeness (QED) is 0.428. The van der Waals surface area contributed by atoms with Crippen LogP contribution in [0.4, 0.5) is 0 Å². The lowest BCUT2D eigenvalue weighted by atomic mass is 9.80. The van der Waals surface area contributed by atoms with Crippen molar-refractivity contribution in [1.29, 1.82) is 0 Å². The Hall–Kier alpha value is -0.0400. The lowest BCUT2D eigenvalue weighted by Crippen LogP contribution is -2.25. The molecule has 0 aromatic carbocycles. The monoisotopic (exact) mass is 308 g/mol. The summed E-state index contributed by atoms with van der Waals surface area (Å²) in [4.78, 5) is 0. The van der Waals surface area contributed by atoms with E-state index in [1.807, 2.05) is 0 Å². The molecule has 0 saturated heterocycles. The zero-order chi connectivity index (χ0) is 15.6. The van der Waals surface area contributed by atoms with Gasteiger partial charge in [0.05, 0.1) is 6.10 Å². The molecule has 130 valence electrons. The van der Waals surface area contributed by atoms with Crippen molar-refractivity contribution in [2.24, 2.45) is 17.8 Å². The second-order valence-corrected chi connectivity index (χ2v) is 8.30. The van der Waals surface area contributed by atoms with Crippen LogP contribution in [0, 0.1) is 17.8 Å². The molecule has 1 nitrogen and oxygen atoms in total. The number of hydrogen-bond acceptors (Lipinski definition) is 1. The first-order valence-corrected chi connectivity index (χ1v) is 10.4. The first-order valence-electron chi connectivity index (χ1n) is 10.4. The fourth-order valence-electron chi connectivity index (χ4n) is 4.39. The van der Waals surface area contributed by atoms with Gasteiger partial charge in [0.2, 0.25) is 0 Å². The summed E-state index contributed by atoms with van der Waals surface area (Å²) in [6, 6.07) is 0. The summed E-state index contributed by atoms with van der Waals surface area (Å²) in [6.45, 7) is 5.75. The first-order chi connectivity index (χ1) is 10.8. The Morgan fingerprint density at radius 1 is 0.727 bits per heavy atom. The van der Waals surface area contributed by atoms with Crippen molar-refractivity contribution >= 4 is 0 Å². The van der Waals surface area contributed by atoms with Gasteiger partial charge in [-0.1, -0.05) is 65.2 Å². The lowest BCUT2D eigenvalue weighted by molar-refractivity contribution is -0.00841. The van der Waals surface area contributed by atoms with Gasteiger partial charge in [0.1, 0.15) is 0 Å². The molecule has 0 spiro atoms. The minimum atomic E-state index is 0.590. The maximum Gasteiger partial charge on any atom is 0.0575 e. The molecule has 0 heterocycles. The van der Waals surface area contributed by atoms with Gasteiger partial charge in [-0.15, -0.1) is 0 Å². The van der Waals surface area contributed by atoms with Crippen LogP contribution < -0.4 is 0 Å². The van der Waals surface area contributed by atoms with Crippen molar-refractivity contribution in [1.82, 2.24) is 0 Å². The van der Waals surface area contributed by atoms with Gasteiger partial charge in [-0.2, -0.15) is 0 Å². The molecule has 0 aromatic heterocycles. The fraction of sp³-hybridized carbons (Fsp3) is 1.00. The fourth-order valence-corrected chi connectivity index (χ4v) is 4.39. The molecule has 2 fully saturated rings. The molecule has 0 N–H and O–H groups in total. The molecule has 0 unspecified atom stereocenters. The summed E-state index contributed by atoms with van der Waals surface area (Å²) in [7, 11) is 0. The number of hydrogen-bond donors (Lipinski definition) is 0. The van der Waals surface area contributed by atoms with E-state index in [4.69, 9.17) is 4.74 Å². The molecule has 0 aromatic rings. The Labute approximate surface area is 139 Å². The summed E-state index contributed by atoms with van der Waals surface area (Å²) in [5, 5.41) is 0. The molecule has 2 aliphatic carbocycles. The summed E-state index contributed by atoms with van der Waals surface area (Å²) >= 11 is 0. The van der Waals surface area contributed by atoms with Crippen LogP contribution in [0.25, 0.3) is 0 Å². The van der Waals surface area contributed by atoms with Crippen molar-refractivity contribution < 1.29 is 4.74 Å². The summed E-state index contributed by atoms with van der Waals surface area (Å²) < 4.78 is 6.23. The van der Waals surface area contributed by atoms with Crippen LogP contribution in [0.2, 0.25) is 0 Å². The number of unbranched alkanes of at least 4 members (excludes halogenated alkanes) is 4. The van der Waals surface area contributed by atoms with Crippen LogP contribution >= 0.6 is 0 Å². The van der Waals surface area contributed by atoms with E-state index in [9.17, 15) is 0 Å². The largest absolute Gasteiger partial charge is 0.378 e. The van der Waals surface area contributed by atoms with Gasteiger partial charge in [0.15, 0.2) is 0 Å². The van der Waals surface area contributed by atoms with Crippen molar-refractivity contribution in [3.8, 4) is 0 Å². The topological polar surface area (TPSA) is 9.23 Å². The molecule has 1 heteroatoms. The van der Waals surface area contributed by atoms with E-state index in [0.717, 1.165) is 24.4 Å². The van der Waals surface area contributed by atoms with Crippen LogP contribution in [0.1, 0.15) is 104 Å². The highest BCUT2D eigenvalue weighted by Gasteiger charge is 2.23. The third kappa shape index (κ3) is 7.02. The van der Waals surface area contributed by atoms with Crippen LogP contribution in [-0.2, 0) is 4.74 Å². The van der Waals surface area contributed by atoms with Crippen LogP contribution in [0.5, 0.6) is 0 Å². The molecule has 0 radical (unpaired) electrons. The Morgan fingerprint density at radius 3 is 2.05 bits per heavy atom. The van der Waals surface area contributed by atoms with E-state index in [-0.39, 0.29) is 0 Å². The number of rotatable bonds is 9. The zero-order valence-corrected chi connectivity index (χ0v) is 15.3. The van der Waals surface area contributed by atoms with E-state index in [2.05, 4.69) is 13.8 Å². The average Bonchev–Trinajstić information content (AvgIpc) is 2.55. The lowest BCUT2D eigenvalue weighted by Gasteiger charge is -2.31. The predicted octanol–water partition coefficient (Wildman–Crippen LogP) is 6.75.